The van der Waals surface area contributed by atoms with Gasteiger partial charge in [-0.1, -0.05) is 11.8 Å². The molecular weight excluding hydrogens is 202 g/mol. The Kier molecular flexibility index (Phi) is 3.90. The molecular formula is C7H13N5OS. The van der Waals surface area contributed by atoms with Gasteiger partial charge in [0.05, 0.1) is 0 Å². The molecule has 1 rings (SSSR count). The summed E-state index contributed by atoms with van der Waals surface area (Å²) < 4.78 is 1.02. The standard InChI is InChI=1S/C7H13N5OS/c1-5-6(13)12(9)7(11-10-5)14-4-2-3-8/h2-4,8-9H2,1H3. The van der Waals surface area contributed by atoms with Gasteiger partial charge in [0.1, 0.15) is 5.69 Å². The zero-order valence-corrected chi connectivity index (χ0v) is 8.75. The fourth-order valence-electron chi connectivity index (χ4n) is 0.815. The average Bonchev–Trinajstić information content (AvgIpc) is 2.18. The van der Waals surface area contributed by atoms with Crippen molar-refractivity contribution < 1.29 is 0 Å². The molecule has 0 aromatic carbocycles. The van der Waals surface area contributed by atoms with E-state index in [9.17, 15) is 4.79 Å². The fraction of sp³-hybridized carbons (Fsp3) is 0.571. The van der Waals surface area contributed by atoms with Crippen molar-refractivity contribution in [3.8, 4) is 0 Å². The largest absolute Gasteiger partial charge is 0.334 e. The Hall–Kier alpha value is -1.08. The van der Waals surface area contributed by atoms with Crippen LogP contribution in [0.2, 0.25) is 0 Å². The van der Waals surface area contributed by atoms with Crippen molar-refractivity contribution in [1.82, 2.24) is 14.9 Å². The Morgan fingerprint density at radius 2 is 2.21 bits per heavy atom. The number of nitrogens with two attached hydrogens (primary N) is 2. The van der Waals surface area contributed by atoms with Crippen molar-refractivity contribution in [3.05, 3.63) is 16.0 Å². The molecule has 0 amide bonds. The number of aromatic nitrogens is 3. The number of rotatable bonds is 4. The van der Waals surface area contributed by atoms with Gasteiger partial charge in [-0.3, -0.25) is 4.79 Å². The van der Waals surface area contributed by atoms with Gasteiger partial charge in [0.25, 0.3) is 5.56 Å². The molecule has 0 saturated carbocycles. The molecule has 78 valence electrons. The molecule has 0 unspecified atom stereocenters. The van der Waals surface area contributed by atoms with E-state index in [1.807, 2.05) is 0 Å². The van der Waals surface area contributed by atoms with Crippen molar-refractivity contribution in [2.75, 3.05) is 18.1 Å². The second kappa shape index (κ2) is 4.97. The third-order valence-electron chi connectivity index (χ3n) is 1.60. The molecule has 0 radical (unpaired) electrons. The molecule has 0 saturated heterocycles. The number of nitrogen functional groups attached to an aromatic ring is 1. The molecule has 14 heavy (non-hydrogen) atoms. The van der Waals surface area contributed by atoms with Crippen LogP contribution in [0, 0.1) is 6.92 Å². The molecule has 1 heterocycles. The predicted molar refractivity (Wildman–Crippen MR) is 55.6 cm³/mol. The summed E-state index contributed by atoms with van der Waals surface area (Å²) in [7, 11) is 0. The van der Waals surface area contributed by atoms with Crippen LogP contribution in [0.15, 0.2) is 9.95 Å². The zero-order chi connectivity index (χ0) is 10.6. The molecule has 4 N–H and O–H groups in total. The maximum absolute atomic E-state index is 11.3. The predicted octanol–water partition coefficient (Wildman–Crippen LogP) is -0.899. The average molecular weight is 215 g/mol. The van der Waals surface area contributed by atoms with E-state index in [2.05, 4.69) is 10.2 Å². The summed E-state index contributed by atoms with van der Waals surface area (Å²) in [5.74, 6) is 6.30. The first-order chi connectivity index (χ1) is 6.66. The maximum Gasteiger partial charge on any atom is 0.294 e. The van der Waals surface area contributed by atoms with Crippen molar-refractivity contribution in [1.29, 1.82) is 0 Å². The van der Waals surface area contributed by atoms with Crippen LogP contribution in [0.1, 0.15) is 12.1 Å². The van der Waals surface area contributed by atoms with Crippen LogP contribution in [0.3, 0.4) is 0 Å². The summed E-state index contributed by atoms with van der Waals surface area (Å²) in [5.41, 5.74) is 5.33. The van der Waals surface area contributed by atoms with Crippen molar-refractivity contribution in [2.45, 2.75) is 18.5 Å². The topological polar surface area (TPSA) is 99.8 Å². The molecule has 1 aromatic heterocycles. The lowest BCUT2D eigenvalue weighted by Crippen LogP contribution is -2.32. The summed E-state index contributed by atoms with van der Waals surface area (Å²) in [4.78, 5) is 11.3. The van der Waals surface area contributed by atoms with Crippen LogP contribution >= 0.6 is 11.8 Å². The number of aryl methyl sites for hydroxylation is 1. The van der Waals surface area contributed by atoms with Gasteiger partial charge in [-0.15, -0.1) is 10.2 Å². The van der Waals surface area contributed by atoms with Crippen LogP contribution in [-0.4, -0.2) is 27.2 Å². The van der Waals surface area contributed by atoms with E-state index in [4.69, 9.17) is 11.6 Å². The normalized spacial score (nSPS) is 10.4. The summed E-state index contributed by atoms with van der Waals surface area (Å²) in [6.45, 7) is 2.19. The Morgan fingerprint density at radius 1 is 1.50 bits per heavy atom. The summed E-state index contributed by atoms with van der Waals surface area (Å²) in [6.07, 6.45) is 0.856. The second-order valence-electron chi connectivity index (χ2n) is 2.73. The Bertz CT molecular complexity index is 364. The number of thioether (sulfide) groups is 1. The minimum absolute atomic E-state index is 0.302. The quantitative estimate of drug-likeness (QED) is 0.383. The first-order valence-electron chi connectivity index (χ1n) is 4.21. The molecule has 0 atom stereocenters. The van der Waals surface area contributed by atoms with Gasteiger partial charge in [0.15, 0.2) is 0 Å². The highest BCUT2D eigenvalue weighted by molar-refractivity contribution is 7.99. The molecule has 7 heteroatoms. The molecule has 1 aromatic rings. The third-order valence-corrected chi connectivity index (χ3v) is 2.63. The number of hydrogen-bond donors (Lipinski definition) is 2. The van der Waals surface area contributed by atoms with E-state index in [0.29, 0.717) is 17.4 Å². The van der Waals surface area contributed by atoms with E-state index in [0.717, 1.165) is 16.8 Å². The number of nitrogens with zero attached hydrogens (tertiary/aromatic N) is 3. The lowest BCUT2D eigenvalue weighted by molar-refractivity contribution is 0.681. The first-order valence-corrected chi connectivity index (χ1v) is 5.19. The van der Waals surface area contributed by atoms with Crippen LogP contribution in [0.25, 0.3) is 0 Å². The lowest BCUT2D eigenvalue weighted by atomic mass is 10.5. The molecule has 0 aliphatic heterocycles. The summed E-state index contributed by atoms with van der Waals surface area (Å²) in [6, 6.07) is 0. The second-order valence-corrected chi connectivity index (χ2v) is 3.80. The van der Waals surface area contributed by atoms with E-state index < -0.39 is 0 Å². The molecule has 6 nitrogen and oxygen atoms in total. The molecule has 0 fully saturated rings. The van der Waals surface area contributed by atoms with E-state index in [1.165, 1.54) is 11.8 Å². The SMILES string of the molecule is Cc1nnc(SCCCN)n(N)c1=O. The van der Waals surface area contributed by atoms with Gasteiger partial charge in [-0.05, 0) is 19.9 Å². The summed E-state index contributed by atoms with van der Waals surface area (Å²) >= 11 is 1.38. The third kappa shape index (κ3) is 2.46. The van der Waals surface area contributed by atoms with Gasteiger partial charge in [-0.2, -0.15) is 4.68 Å². The number of hydrogen-bond acceptors (Lipinski definition) is 6. The van der Waals surface area contributed by atoms with Crippen LogP contribution in [0.4, 0.5) is 0 Å². The van der Waals surface area contributed by atoms with Gasteiger partial charge in [0, 0.05) is 5.75 Å². The highest BCUT2D eigenvalue weighted by Crippen LogP contribution is 2.11. The van der Waals surface area contributed by atoms with Crippen LogP contribution in [-0.2, 0) is 0 Å². The molecule has 0 bridgehead atoms. The van der Waals surface area contributed by atoms with E-state index in [-0.39, 0.29) is 5.56 Å². The molecule has 0 aliphatic carbocycles. The highest BCUT2D eigenvalue weighted by Gasteiger charge is 2.06. The first kappa shape index (κ1) is 11.0. The van der Waals surface area contributed by atoms with Crippen LogP contribution < -0.4 is 17.1 Å². The van der Waals surface area contributed by atoms with Gasteiger partial charge in [-0.25, -0.2) is 0 Å². The Balaban J connectivity index is 2.79. The smallest absolute Gasteiger partial charge is 0.294 e. The van der Waals surface area contributed by atoms with Gasteiger partial charge in [0.2, 0.25) is 5.16 Å². The van der Waals surface area contributed by atoms with Crippen LogP contribution in [0.5, 0.6) is 0 Å². The molecule has 0 spiro atoms. The monoisotopic (exact) mass is 215 g/mol. The Labute approximate surface area is 85.7 Å². The van der Waals surface area contributed by atoms with Gasteiger partial charge < -0.3 is 11.6 Å². The van der Waals surface area contributed by atoms with E-state index in [1.54, 1.807) is 6.92 Å². The molecule has 0 aliphatic rings. The highest BCUT2D eigenvalue weighted by atomic mass is 32.2. The van der Waals surface area contributed by atoms with Gasteiger partial charge >= 0.3 is 0 Å². The minimum Gasteiger partial charge on any atom is -0.334 e. The summed E-state index contributed by atoms with van der Waals surface area (Å²) in [5, 5.41) is 7.95. The lowest BCUT2D eigenvalue weighted by Gasteiger charge is -2.04. The zero-order valence-electron chi connectivity index (χ0n) is 7.93. The van der Waals surface area contributed by atoms with Crippen molar-refractivity contribution in [2.24, 2.45) is 5.73 Å². The fourth-order valence-corrected chi connectivity index (χ4v) is 1.63. The van der Waals surface area contributed by atoms with Crippen molar-refractivity contribution >= 4 is 11.8 Å². The Morgan fingerprint density at radius 3 is 2.86 bits per heavy atom. The minimum atomic E-state index is -0.310. The van der Waals surface area contributed by atoms with E-state index >= 15 is 0 Å². The maximum atomic E-state index is 11.3. The van der Waals surface area contributed by atoms with Crippen molar-refractivity contribution in [3.63, 3.8) is 0 Å².